The van der Waals surface area contributed by atoms with Crippen molar-refractivity contribution in [2.24, 2.45) is 0 Å². The predicted octanol–water partition coefficient (Wildman–Crippen LogP) is 3.13. The van der Waals surface area contributed by atoms with Crippen LogP contribution >= 0.6 is 11.6 Å². The Kier molecular flexibility index (Phi) is 2.62. The van der Waals surface area contributed by atoms with E-state index in [4.69, 9.17) is 17.3 Å². The zero-order valence-electron chi connectivity index (χ0n) is 9.84. The average molecular weight is 269 g/mol. The van der Waals surface area contributed by atoms with Crippen LogP contribution in [0.4, 0.5) is 5.95 Å². The molecule has 0 aliphatic carbocycles. The van der Waals surface area contributed by atoms with Gasteiger partial charge in [-0.15, -0.1) is 0 Å². The van der Waals surface area contributed by atoms with Crippen molar-refractivity contribution in [3.63, 3.8) is 0 Å². The van der Waals surface area contributed by atoms with E-state index in [1.165, 1.54) is 0 Å². The Morgan fingerprint density at radius 3 is 2.79 bits per heavy atom. The molecule has 19 heavy (non-hydrogen) atoms. The second kappa shape index (κ2) is 4.30. The number of rotatable bonds is 1. The molecule has 0 aliphatic heterocycles. The molecule has 2 aromatic carbocycles. The molecule has 0 spiro atoms. The Bertz CT molecular complexity index is 814. The van der Waals surface area contributed by atoms with Crippen molar-refractivity contribution >= 4 is 28.6 Å². The Hall–Kier alpha value is -2.51. The molecule has 0 saturated heterocycles. The van der Waals surface area contributed by atoms with Gasteiger partial charge >= 0.3 is 0 Å². The van der Waals surface area contributed by atoms with Gasteiger partial charge in [-0.05, 0) is 30.3 Å². The number of nitrogens with zero attached hydrogens (tertiary/aromatic N) is 3. The highest BCUT2D eigenvalue weighted by atomic mass is 35.5. The van der Waals surface area contributed by atoms with Gasteiger partial charge in [-0.2, -0.15) is 5.26 Å². The van der Waals surface area contributed by atoms with Crippen molar-refractivity contribution in [2.45, 2.75) is 0 Å². The molecule has 5 heteroatoms. The number of benzene rings is 2. The van der Waals surface area contributed by atoms with Crippen LogP contribution < -0.4 is 5.73 Å². The third-order valence-corrected chi connectivity index (χ3v) is 3.14. The van der Waals surface area contributed by atoms with Crippen LogP contribution in [0.5, 0.6) is 0 Å². The van der Waals surface area contributed by atoms with Crippen LogP contribution in [0, 0.1) is 11.3 Å². The molecular weight excluding hydrogens is 260 g/mol. The van der Waals surface area contributed by atoms with E-state index < -0.39 is 0 Å². The van der Waals surface area contributed by atoms with E-state index in [0.29, 0.717) is 27.7 Å². The van der Waals surface area contributed by atoms with E-state index >= 15 is 0 Å². The lowest BCUT2D eigenvalue weighted by atomic mass is 10.2. The number of nitriles is 1. The molecule has 0 amide bonds. The third kappa shape index (κ3) is 1.81. The van der Waals surface area contributed by atoms with E-state index in [2.05, 4.69) is 11.1 Å². The minimum atomic E-state index is 0.333. The van der Waals surface area contributed by atoms with Gasteiger partial charge < -0.3 is 5.73 Å². The van der Waals surface area contributed by atoms with E-state index in [-0.39, 0.29) is 0 Å². The third-order valence-electron chi connectivity index (χ3n) is 2.91. The van der Waals surface area contributed by atoms with Crippen LogP contribution in [0.1, 0.15) is 5.56 Å². The molecule has 3 rings (SSSR count). The maximum atomic E-state index is 9.18. The maximum Gasteiger partial charge on any atom is 0.205 e. The fourth-order valence-corrected chi connectivity index (χ4v) is 2.25. The molecule has 0 bridgehead atoms. The van der Waals surface area contributed by atoms with Crippen LogP contribution in [-0.2, 0) is 0 Å². The van der Waals surface area contributed by atoms with Crippen LogP contribution in [-0.4, -0.2) is 9.55 Å². The van der Waals surface area contributed by atoms with Gasteiger partial charge in [-0.3, -0.25) is 4.57 Å². The SMILES string of the molecule is N#Cc1ccccc1-n1c(N)nc2cc(Cl)ccc21. The summed E-state index contributed by atoms with van der Waals surface area (Å²) in [4.78, 5) is 4.27. The van der Waals surface area contributed by atoms with Gasteiger partial charge in [0.2, 0.25) is 5.95 Å². The molecule has 1 aromatic heterocycles. The highest BCUT2D eigenvalue weighted by molar-refractivity contribution is 6.31. The highest BCUT2D eigenvalue weighted by Crippen LogP contribution is 2.26. The van der Waals surface area contributed by atoms with Gasteiger partial charge in [-0.1, -0.05) is 23.7 Å². The van der Waals surface area contributed by atoms with Crippen molar-refractivity contribution in [3.8, 4) is 11.8 Å². The number of para-hydroxylation sites is 1. The van der Waals surface area contributed by atoms with Crippen molar-refractivity contribution in [1.29, 1.82) is 5.26 Å². The van der Waals surface area contributed by atoms with E-state index in [1.807, 2.05) is 24.3 Å². The molecule has 4 nitrogen and oxygen atoms in total. The van der Waals surface area contributed by atoms with E-state index in [9.17, 15) is 5.26 Å². The maximum absolute atomic E-state index is 9.18. The minimum absolute atomic E-state index is 0.333. The number of aromatic nitrogens is 2. The van der Waals surface area contributed by atoms with Gasteiger partial charge in [0.1, 0.15) is 6.07 Å². The van der Waals surface area contributed by atoms with E-state index in [0.717, 1.165) is 5.52 Å². The average Bonchev–Trinajstić information content (AvgIpc) is 2.73. The quantitative estimate of drug-likeness (QED) is 0.737. The largest absolute Gasteiger partial charge is 0.369 e. The number of halogens is 1. The highest BCUT2D eigenvalue weighted by Gasteiger charge is 2.12. The Balaban J connectivity index is 2.37. The molecule has 3 aromatic rings. The molecular formula is C14H9ClN4. The molecule has 0 atom stereocenters. The second-order valence-corrected chi connectivity index (χ2v) is 4.50. The van der Waals surface area contributed by atoms with Crippen LogP contribution in [0.2, 0.25) is 5.02 Å². The Morgan fingerprint density at radius 1 is 1.21 bits per heavy atom. The molecule has 1 heterocycles. The smallest absolute Gasteiger partial charge is 0.205 e. The van der Waals surface area contributed by atoms with E-state index in [1.54, 1.807) is 22.8 Å². The fraction of sp³-hybridized carbons (Fsp3) is 0. The number of nitrogens with two attached hydrogens (primary N) is 1. The molecule has 92 valence electrons. The Labute approximate surface area is 114 Å². The number of fused-ring (bicyclic) bond motifs is 1. The molecule has 0 radical (unpaired) electrons. The first-order chi connectivity index (χ1) is 9.20. The molecule has 2 N–H and O–H groups in total. The molecule has 0 fully saturated rings. The summed E-state index contributed by atoms with van der Waals surface area (Å²) < 4.78 is 1.75. The van der Waals surface area contributed by atoms with Crippen LogP contribution in [0.15, 0.2) is 42.5 Å². The number of anilines is 1. The molecule has 0 saturated carbocycles. The first kappa shape index (κ1) is 11.6. The van der Waals surface area contributed by atoms with Crippen LogP contribution in [0.3, 0.4) is 0 Å². The first-order valence-electron chi connectivity index (χ1n) is 5.63. The number of nitrogen functional groups attached to an aromatic ring is 1. The summed E-state index contributed by atoms with van der Waals surface area (Å²) in [6.07, 6.45) is 0. The fourth-order valence-electron chi connectivity index (χ4n) is 2.09. The lowest BCUT2D eigenvalue weighted by molar-refractivity contribution is 1.10. The van der Waals surface area contributed by atoms with Gasteiger partial charge in [0.05, 0.1) is 22.3 Å². The number of hydrogen-bond donors (Lipinski definition) is 1. The summed E-state index contributed by atoms with van der Waals surface area (Å²) in [5, 5.41) is 9.78. The van der Waals surface area contributed by atoms with Crippen molar-refractivity contribution < 1.29 is 0 Å². The zero-order valence-corrected chi connectivity index (χ0v) is 10.6. The summed E-state index contributed by atoms with van der Waals surface area (Å²) in [5.74, 6) is 0.333. The molecule has 0 aliphatic rings. The van der Waals surface area contributed by atoms with Crippen LogP contribution in [0.25, 0.3) is 16.7 Å². The lowest BCUT2D eigenvalue weighted by Gasteiger charge is -2.08. The lowest BCUT2D eigenvalue weighted by Crippen LogP contribution is -2.02. The number of hydrogen-bond acceptors (Lipinski definition) is 3. The summed E-state index contributed by atoms with van der Waals surface area (Å²) >= 11 is 5.94. The summed E-state index contributed by atoms with van der Waals surface area (Å²) in [6, 6.07) is 14.8. The van der Waals surface area contributed by atoms with Gasteiger partial charge in [0, 0.05) is 5.02 Å². The minimum Gasteiger partial charge on any atom is -0.369 e. The zero-order chi connectivity index (χ0) is 13.4. The van der Waals surface area contributed by atoms with Crippen molar-refractivity contribution in [3.05, 3.63) is 53.1 Å². The summed E-state index contributed by atoms with van der Waals surface area (Å²) in [7, 11) is 0. The topological polar surface area (TPSA) is 67.6 Å². The predicted molar refractivity (Wildman–Crippen MR) is 75.2 cm³/mol. The number of imidazole rings is 1. The second-order valence-electron chi connectivity index (χ2n) is 4.07. The van der Waals surface area contributed by atoms with Crippen molar-refractivity contribution in [1.82, 2.24) is 9.55 Å². The Morgan fingerprint density at radius 2 is 2.00 bits per heavy atom. The van der Waals surface area contributed by atoms with Crippen molar-refractivity contribution in [2.75, 3.05) is 5.73 Å². The standard InChI is InChI=1S/C14H9ClN4/c15-10-5-6-13-11(7-10)18-14(17)19(13)12-4-2-1-3-9(12)8-16/h1-7H,(H2,17,18). The normalized spacial score (nSPS) is 10.5. The monoisotopic (exact) mass is 268 g/mol. The molecule has 0 unspecified atom stereocenters. The van der Waals surface area contributed by atoms with Gasteiger partial charge in [0.15, 0.2) is 0 Å². The first-order valence-corrected chi connectivity index (χ1v) is 6.01. The summed E-state index contributed by atoms with van der Waals surface area (Å²) in [6.45, 7) is 0. The van der Waals surface area contributed by atoms with Gasteiger partial charge in [-0.25, -0.2) is 4.98 Å². The summed E-state index contributed by atoms with van der Waals surface area (Å²) in [5.41, 5.74) is 8.75. The van der Waals surface area contributed by atoms with Gasteiger partial charge in [0.25, 0.3) is 0 Å².